The van der Waals surface area contributed by atoms with Gasteiger partial charge in [0, 0.05) is 24.0 Å². The van der Waals surface area contributed by atoms with E-state index in [9.17, 15) is 0 Å². The maximum atomic E-state index is 5.26. The zero-order valence-electron chi connectivity index (χ0n) is 12.4. The molecule has 0 radical (unpaired) electrons. The van der Waals surface area contributed by atoms with Crippen molar-refractivity contribution >= 4 is 22.7 Å². The van der Waals surface area contributed by atoms with Crippen molar-refractivity contribution in [3.05, 3.63) is 54.9 Å². The first-order chi connectivity index (χ1) is 11.8. The standard InChI is InChI=1S/C17H11N7/c1-2-12-8-20-16(10-19-12)24-15-6-13-14(9-21-15)23-17(22-13)11-4-3-5-18-7-11/h1,3-10H,(H,22,23)(H,20,21,24). The molecule has 0 fully saturated rings. The highest BCUT2D eigenvalue weighted by Gasteiger charge is 2.07. The van der Waals surface area contributed by atoms with Crippen LogP contribution < -0.4 is 5.32 Å². The average molecular weight is 313 g/mol. The Morgan fingerprint density at radius 2 is 1.96 bits per heavy atom. The van der Waals surface area contributed by atoms with Crippen LogP contribution in [0.1, 0.15) is 5.69 Å². The van der Waals surface area contributed by atoms with E-state index in [1.807, 2.05) is 18.2 Å². The van der Waals surface area contributed by atoms with Crippen molar-refractivity contribution in [2.75, 3.05) is 5.32 Å². The second kappa shape index (κ2) is 5.78. The van der Waals surface area contributed by atoms with Gasteiger partial charge in [0.25, 0.3) is 0 Å². The number of nitrogens with zero attached hydrogens (tertiary/aromatic N) is 5. The first kappa shape index (κ1) is 13.8. The molecule has 0 aliphatic rings. The minimum Gasteiger partial charge on any atom is -0.337 e. The smallest absolute Gasteiger partial charge is 0.150 e. The van der Waals surface area contributed by atoms with Crippen molar-refractivity contribution in [2.24, 2.45) is 0 Å². The molecule has 0 aromatic carbocycles. The predicted molar refractivity (Wildman–Crippen MR) is 90.4 cm³/mol. The van der Waals surface area contributed by atoms with Crippen LogP contribution in [0.15, 0.2) is 49.2 Å². The average Bonchev–Trinajstić information content (AvgIpc) is 3.06. The number of pyridine rings is 2. The molecule has 4 heterocycles. The maximum Gasteiger partial charge on any atom is 0.150 e. The Labute approximate surface area is 137 Å². The van der Waals surface area contributed by atoms with Gasteiger partial charge in [0.05, 0.1) is 29.6 Å². The fourth-order valence-corrected chi connectivity index (χ4v) is 2.22. The van der Waals surface area contributed by atoms with Crippen LogP contribution in [-0.2, 0) is 0 Å². The van der Waals surface area contributed by atoms with Crippen molar-refractivity contribution in [3.63, 3.8) is 0 Å². The van der Waals surface area contributed by atoms with Crippen LogP contribution in [0.4, 0.5) is 11.6 Å². The summed E-state index contributed by atoms with van der Waals surface area (Å²) in [6, 6.07) is 5.65. The van der Waals surface area contributed by atoms with Gasteiger partial charge in [0.1, 0.15) is 23.2 Å². The second-order valence-electron chi connectivity index (χ2n) is 4.97. The van der Waals surface area contributed by atoms with Gasteiger partial charge in [-0.15, -0.1) is 6.42 Å². The molecule has 0 saturated carbocycles. The molecule has 24 heavy (non-hydrogen) atoms. The van der Waals surface area contributed by atoms with Gasteiger partial charge in [0.15, 0.2) is 0 Å². The quantitative estimate of drug-likeness (QED) is 0.565. The molecule has 2 N–H and O–H groups in total. The fourth-order valence-electron chi connectivity index (χ4n) is 2.22. The maximum absolute atomic E-state index is 5.26. The molecule has 7 nitrogen and oxygen atoms in total. The summed E-state index contributed by atoms with van der Waals surface area (Å²) < 4.78 is 0. The van der Waals surface area contributed by atoms with Gasteiger partial charge >= 0.3 is 0 Å². The summed E-state index contributed by atoms with van der Waals surface area (Å²) in [4.78, 5) is 24.5. The van der Waals surface area contributed by atoms with E-state index in [0.29, 0.717) is 17.3 Å². The first-order valence-corrected chi connectivity index (χ1v) is 7.14. The fraction of sp³-hybridized carbons (Fsp3) is 0. The second-order valence-corrected chi connectivity index (χ2v) is 4.97. The SMILES string of the molecule is C#Cc1cnc(Nc2cc3nc(-c4cccnc4)[nH]c3cn2)cn1. The number of anilines is 2. The minimum absolute atomic E-state index is 0.484. The summed E-state index contributed by atoms with van der Waals surface area (Å²) >= 11 is 0. The summed E-state index contributed by atoms with van der Waals surface area (Å²) in [5.74, 6) is 4.35. The molecule has 0 aliphatic heterocycles. The molecular weight excluding hydrogens is 302 g/mol. The molecule has 7 heteroatoms. The molecule has 0 bridgehead atoms. The number of terminal acetylenes is 1. The number of nitrogens with one attached hydrogen (secondary N) is 2. The largest absolute Gasteiger partial charge is 0.337 e. The third-order valence-electron chi connectivity index (χ3n) is 3.36. The van der Waals surface area contributed by atoms with E-state index in [0.717, 1.165) is 22.4 Å². The zero-order chi connectivity index (χ0) is 16.4. The van der Waals surface area contributed by atoms with Crippen molar-refractivity contribution in [1.82, 2.24) is 29.9 Å². The zero-order valence-corrected chi connectivity index (χ0v) is 12.4. The van der Waals surface area contributed by atoms with Crippen molar-refractivity contribution in [2.45, 2.75) is 0 Å². The van der Waals surface area contributed by atoms with Crippen LogP contribution in [0.2, 0.25) is 0 Å². The van der Waals surface area contributed by atoms with Crippen LogP contribution in [0, 0.1) is 12.3 Å². The summed E-state index contributed by atoms with van der Waals surface area (Å²) in [7, 11) is 0. The first-order valence-electron chi connectivity index (χ1n) is 7.14. The summed E-state index contributed by atoms with van der Waals surface area (Å²) in [6.45, 7) is 0. The van der Waals surface area contributed by atoms with Crippen LogP contribution in [0.25, 0.3) is 22.4 Å². The molecule has 0 saturated heterocycles. The van der Waals surface area contributed by atoms with Gasteiger partial charge in [0.2, 0.25) is 0 Å². The van der Waals surface area contributed by atoms with Crippen LogP contribution >= 0.6 is 0 Å². The van der Waals surface area contributed by atoms with E-state index in [1.54, 1.807) is 24.8 Å². The molecule has 4 aromatic rings. The molecule has 4 rings (SSSR count). The monoisotopic (exact) mass is 313 g/mol. The Morgan fingerprint density at radius 1 is 1.04 bits per heavy atom. The number of aromatic nitrogens is 6. The molecule has 0 atom stereocenters. The van der Waals surface area contributed by atoms with Gasteiger partial charge in [-0.25, -0.2) is 19.9 Å². The minimum atomic E-state index is 0.484. The van der Waals surface area contributed by atoms with E-state index >= 15 is 0 Å². The van der Waals surface area contributed by atoms with Gasteiger partial charge in [-0.3, -0.25) is 4.98 Å². The Kier molecular flexibility index (Phi) is 3.33. The molecule has 114 valence electrons. The van der Waals surface area contributed by atoms with Crippen LogP contribution in [-0.4, -0.2) is 29.9 Å². The molecule has 0 aliphatic carbocycles. The highest BCUT2D eigenvalue weighted by Crippen LogP contribution is 2.21. The Bertz CT molecular complexity index is 1030. The Hall–Kier alpha value is -3.79. The topological polar surface area (TPSA) is 92.3 Å². The lowest BCUT2D eigenvalue weighted by molar-refractivity contribution is 1.16. The van der Waals surface area contributed by atoms with Gasteiger partial charge in [-0.05, 0) is 18.1 Å². The molecule has 0 amide bonds. The number of hydrogen-bond donors (Lipinski definition) is 2. The normalized spacial score (nSPS) is 10.5. The lowest BCUT2D eigenvalue weighted by atomic mass is 10.3. The predicted octanol–water partition coefficient (Wildman–Crippen LogP) is 2.53. The Morgan fingerprint density at radius 3 is 2.71 bits per heavy atom. The number of rotatable bonds is 3. The Balaban J connectivity index is 1.64. The molecule has 0 spiro atoms. The molecule has 0 unspecified atom stereocenters. The van der Waals surface area contributed by atoms with E-state index < -0.39 is 0 Å². The lowest BCUT2D eigenvalue weighted by Crippen LogP contribution is -1.97. The van der Waals surface area contributed by atoms with Gasteiger partial charge in [-0.1, -0.05) is 0 Å². The van der Waals surface area contributed by atoms with E-state index in [1.165, 1.54) is 6.20 Å². The van der Waals surface area contributed by atoms with Crippen molar-refractivity contribution in [3.8, 4) is 23.7 Å². The summed E-state index contributed by atoms with van der Waals surface area (Å²) in [5, 5.41) is 3.08. The number of imidazole rings is 1. The number of aromatic amines is 1. The number of fused-ring (bicyclic) bond motifs is 1. The third-order valence-corrected chi connectivity index (χ3v) is 3.36. The molecule has 4 aromatic heterocycles. The summed E-state index contributed by atoms with van der Waals surface area (Å²) in [5.41, 5.74) is 3.03. The third kappa shape index (κ3) is 2.64. The van der Waals surface area contributed by atoms with E-state index in [2.05, 4.69) is 41.1 Å². The highest BCUT2D eigenvalue weighted by molar-refractivity contribution is 5.81. The lowest BCUT2D eigenvalue weighted by Gasteiger charge is -2.03. The van der Waals surface area contributed by atoms with Crippen LogP contribution in [0.5, 0.6) is 0 Å². The molecular formula is C17H11N7. The van der Waals surface area contributed by atoms with Gasteiger partial charge in [-0.2, -0.15) is 0 Å². The van der Waals surface area contributed by atoms with Crippen molar-refractivity contribution < 1.29 is 0 Å². The van der Waals surface area contributed by atoms with E-state index in [-0.39, 0.29) is 0 Å². The number of hydrogen-bond acceptors (Lipinski definition) is 6. The summed E-state index contributed by atoms with van der Waals surface area (Å²) in [6.07, 6.45) is 13.5. The van der Waals surface area contributed by atoms with Gasteiger partial charge < -0.3 is 10.3 Å². The number of H-pyrrole nitrogens is 1. The van der Waals surface area contributed by atoms with Crippen molar-refractivity contribution in [1.29, 1.82) is 0 Å². The highest BCUT2D eigenvalue weighted by atomic mass is 15.1. The van der Waals surface area contributed by atoms with E-state index in [4.69, 9.17) is 6.42 Å². The van der Waals surface area contributed by atoms with Crippen LogP contribution in [0.3, 0.4) is 0 Å².